The number of nitrogens with zero attached hydrogens (tertiary/aromatic N) is 1. The zero-order valence-corrected chi connectivity index (χ0v) is 11.2. The van der Waals surface area contributed by atoms with E-state index in [-0.39, 0.29) is 0 Å². The van der Waals surface area contributed by atoms with Gasteiger partial charge in [-0.1, -0.05) is 39.5 Å². The molecular formula is C13H29NO2. The lowest BCUT2D eigenvalue weighted by molar-refractivity contribution is -0.0924. The van der Waals surface area contributed by atoms with Crippen LogP contribution in [0.5, 0.6) is 0 Å². The quantitative estimate of drug-likeness (QED) is 0.449. The molecule has 0 saturated carbocycles. The Hall–Kier alpha value is -0.120. The predicted molar refractivity (Wildman–Crippen MR) is 68.1 cm³/mol. The normalized spacial score (nSPS) is 15.4. The fourth-order valence-corrected chi connectivity index (χ4v) is 1.76. The van der Waals surface area contributed by atoms with Crippen LogP contribution in [-0.2, 0) is 0 Å². The highest BCUT2D eigenvalue weighted by molar-refractivity contribution is 4.61. The first-order valence-corrected chi connectivity index (χ1v) is 6.71. The molecule has 0 saturated heterocycles. The Labute approximate surface area is 100 Å². The number of aliphatic hydroxyl groups is 2. The van der Waals surface area contributed by atoms with E-state index in [0.717, 1.165) is 51.4 Å². The Morgan fingerprint density at radius 1 is 0.812 bits per heavy atom. The van der Waals surface area contributed by atoms with Crippen LogP contribution in [0.3, 0.4) is 0 Å². The minimum atomic E-state index is -0.497. The lowest BCUT2D eigenvalue weighted by atomic mass is 10.1. The van der Waals surface area contributed by atoms with Crippen molar-refractivity contribution in [3.63, 3.8) is 0 Å². The molecule has 0 aliphatic carbocycles. The highest BCUT2D eigenvalue weighted by Crippen LogP contribution is 2.12. The van der Waals surface area contributed by atoms with E-state index in [0.29, 0.717) is 0 Å². The lowest BCUT2D eigenvalue weighted by Gasteiger charge is -2.28. The molecule has 2 N–H and O–H groups in total. The predicted octanol–water partition coefficient (Wildman–Crippen LogP) is 2.72. The highest BCUT2D eigenvalue weighted by Gasteiger charge is 2.17. The molecule has 0 aliphatic rings. The third kappa shape index (κ3) is 7.20. The van der Waals surface area contributed by atoms with Crippen LogP contribution in [0, 0.1) is 0 Å². The standard InChI is InChI=1S/C13H29NO2/c1-4-6-8-10-12(15)14(3)13(16)11-9-7-5-2/h12-13,15-16H,4-11H2,1-3H3. The molecule has 0 radical (unpaired) electrons. The minimum absolute atomic E-state index is 0.497. The van der Waals surface area contributed by atoms with Crippen molar-refractivity contribution < 1.29 is 10.2 Å². The molecule has 0 spiro atoms. The highest BCUT2D eigenvalue weighted by atomic mass is 16.3. The minimum Gasteiger partial charge on any atom is -0.378 e. The summed E-state index contributed by atoms with van der Waals surface area (Å²) in [5.74, 6) is 0. The molecular weight excluding hydrogens is 202 g/mol. The summed E-state index contributed by atoms with van der Waals surface area (Å²) in [4.78, 5) is 1.69. The smallest absolute Gasteiger partial charge is 0.109 e. The van der Waals surface area contributed by atoms with Crippen LogP contribution in [0.15, 0.2) is 0 Å². The van der Waals surface area contributed by atoms with Crippen LogP contribution in [-0.4, -0.2) is 34.6 Å². The van der Waals surface area contributed by atoms with Gasteiger partial charge in [0.15, 0.2) is 0 Å². The maximum Gasteiger partial charge on any atom is 0.109 e. The Kier molecular flexibility index (Phi) is 9.99. The fourth-order valence-electron chi connectivity index (χ4n) is 1.76. The Bertz CT molecular complexity index is 137. The second-order valence-corrected chi connectivity index (χ2v) is 4.62. The van der Waals surface area contributed by atoms with Crippen molar-refractivity contribution in [2.45, 2.75) is 77.7 Å². The van der Waals surface area contributed by atoms with Crippen LogP contribution in [0.4, 0.5) is 0 Å². The molecule has 3 nitrogen and oxygen atoms in total. The van der Waals surface area contributed by atoms with Crippen molar-refractivity contribution in [3.8, 4) is 0 Å². The Balaban J connectivity index is 3.68. The number of rotatable bonds is 10. The van der Waals surface area contributed by atoms with Gasteiger partial charge in [0.25, 0.3) is 0 Å². The van der Waals surface area contributed by atoms with E-state index in [1.54, 1.807) is 11.9 Å². The summed E-state index contributed by atoms with van der Waals surface area (Å²) in [6.07, 6.45) is 7.21. The number of hydrogen-bond donors (Lipinski definition) is 2. The van der Waals surface area contributed by atoms with Crippen LogP contribution >= 0.6 is 0 Å². The first-order valence-electron chi connectivity index (χ1n) is 6.71. The molecule has 16 heavy (non-hydrogen) atoms. The molecule has 0 amide bonds. The van der Waals surface area contributed by atoms with Gasteiger partial charge in [0.05, 0.1) is 0 Å². The van der Waals surface area contributed by atoms with Crippen molar-refractivity contribution >= 4 is 0 Å². The van der Waals surface area contributed by atoms with Crippen molar-refractivity contribution in [3.05, 3.63) is 0 Å². The van der Waals surface area contributed by atoms with Gasteiger partial charge in [-0.15, -0.1) is 0 Å². The lowest BCUT2D eigenvalue weighted by Crippen LogP contribution is -2.40. The average molecular weight is 231 g/mol. The molecule has 98 valence electrons. The van der Waals surface area contributed by atoms with Gasteiger partial charge in [-0.05, 0) is 32.7 Å². The van der Waals surface area contributed by atoms with Gasteiger partial charge in [-0.25, -0.2) is 0 Å². The summed E-state index contributed by atoms with van der Waals surface area (Å²) in [6, 6.07) is 0. The maximum absolute atomic E-state index is 9.84. The van der Waals surface area contributed by atoms with Gasteiger partial charge in [-0.2, -0.15) is 0 Å². The molecule has 0 aromatic heterocycles. The molecule has 3 heteroatoms. The van der Waals surface area contributed by atoms with Gasteiger partial charge in [0.2, 0.25) is 0 Å². The molecule has 0 fully saturated rings. The zero-order valence-electron chi connectivity index (χ0n) is 11.2. The molecule has 0 aromatic carbocycles. The molecule has 0 heterocycles. The third-order valence-corrected chi connectivity index (χ3v) is 3.07. The van der Waals surface area contributed by atoms with E-state index in [2.05, 4.69) is 13.8 Å². The summed E-state index contributed by atoms with van der Waals surface area (Å²) in [6.45, 7) is 4.30. The molecule has 0 aromatic rings. The Morgan fingerprint density at radius 2 is 1.19 bits per heavy atom. The second-order valence-electron chi connectivity index (χ2n) is 4.62. The van der Waals surface area contributed by atoms with E-state index in [4.69, 9.17) is 0 Å². The van der Waals surface area contributed by atoms with Crippen LogP contribution in [0.1, 0.15) is 65.2 Å². The van der Waals surface area contributed by atoms with E-state index in [9.17, 15) is 10.2 Å². The maximum atomic E-state index is 9.84. The zero-order chi connectivity index (χ0) is 12.4. The topological polar surface area (TPSA) is 43.7 Å². The van der Waals surface area contributed by atoms with Crippen molar-refractivity contribution in [2.75, 3.05) is 7.05 Å². The molecule has 0 rings (SSSR count). The van der Waals surface area contributed by atoms with Crippen LogP contribution < -0.4 is 0 Å². The van der Waals surface area contributed by atoms with Crippen LogP contribution in [0.25, 0.3) is 0 Å². The van der Waals surface area contributed by atoms with E-state index >= 15 is 0 Å². The Morgan fingerprint density at radius 3 is 1.50 bits per heavy atom. The van der Waals surface area contributed by atoms with E-state index < -0.39 is 12.5 Å². The number of unbranched alkanes of at least 4 members (excludes halogenated alkanes) is 4. The molecule has 2 unspecified atom stereocenters. The van der Waals surface area contributed by atoms with Gasteiger partial charge >= 0.3 is 0 Å². The fraction of sp³-hybridized carbons (Fsp3) is 1.00. The van der Waals surface area contributed by atoms with E-state index in [1.165, 1.54) is 0 Å². The largest absolute Gasteiger partial charge is 0.378 e. The van der Waals surface area contributed by atoms with Gasteiger partial charge in [0, 0.05) is 0 Å². The summed E-state index contributed by atoms with van der Waals surface area (Å²) in [7, 11) is 1.80. The molecule has 0 bridgehead atoms. The van der Waals surface area contributed by atoms with E-state index in [1.807, 2.05) is 0 Å². The van der Waals surface area contributed by atoms with Gasteiger partial charge in [-0.3, -0.25) is 4.90 Å². The molecule has 2 atom stereocenters. The van der Waals surface area contributed by atoms with Crippen molar-refractivity contribution in [1.29, 1.82) is 0 Å². The summed E-state index contributed by atoms with van der Waals surface area (Å²) in [5.41, 5.74) is 0. The summed E-state index contributed by atoms with van der Waals surface area (Å²) < 4.78 is 0. The molecule has 0 aliphatic heterocycles. The number of hydrogen-bond acceptors (Lipinski definition) is 3. The summed E-state index contributed by atoms with van der Waals surface area (Å²) >= 11 is 0. The van der Waals surface area contributed by atoms with Crippen molar-refractivity contribution in [2.24, 2.45) is 0 Å². The summed E-state index contributed by atoms with van der Waals surface area (Å²) in [5, 5.41) is 19.7. The van der Waals surface area contributed by atoms with Crippen molar-refractivity contribution in [1.82, 2.24) is 4.90 Å². The SMILES string of the molecule is CCCCCC(O)N(C)C(O)CCCCC. The number of aliphatic hydroxyl groups excluding tert-OH is 2. The average Bonchev–Trinajstić information content (AvgIpc) is 2.28. The first kappa shape index (κ1) is 15.9. The monoisotopic (exact) mass is 231 g/mol. The van der Waals surface area contributed by atoms with Crippen LogP contribution in [0.2, 0.25) is 0 Å². The third-order valence-electron chi connectivity index (χ3n) is 3.07. The van der Waals surface area contributed by atoms with Gasteiger partial charge < -0.3 is 10.2 Å². The first-order chi connectivity index (χ1) is 7.63. The second kappa shape index (κ2) is 10.1. The van der Waals surface area contributed by atoms with Gasteiger partial charge in [0.1, 0.15) is 12.5 Å².